The molecule has 3 rings (SSSR count). The Morgan fingerprint density at radius 1 is 0.931 bits per heavy atom. The fourth-order valence-corrected chi connectivity index (χ4v) is 4.03. The van der Waals surface area contributed by atoms with Crippen LogP contribution in [0.3, 0.4) is 0 Å². The third-order valence-corrected chi connectivity index (χ3v) is 5.92. The third kappa shape index (κ3) is 6.46. The lowest BCUT2D eigenvalue weighted by Gasteiger charge is -2.36. The minimum absolute atomic E-state index is 0.297. The minimum atomic E-state index is 0.297. The molecule has 1 aromatic carbocycles. The molecule has 2 heterocycles. The summed E-state index contributed by atoms with van der Waals surface area (Å²) in [6, 6.07) is 8.87. The smallest absolute Gasteiger partial charge is 0.236 e. The van der Waals surface area contributed by atoms with Gasteiger partial charge < -0.3 is 15.1 Å². The molecule has 160 valence electrons. The van der Waals surface area contributed by atoms with Crippen molar-refractivity contribution in [3.05, 3.63) is 35.4 Å². The van der Waals surface area contributed by atoms with Crippen molar-refractivity contribution in [1.29, 1.82) is 0 Å². The molecule has 0 aromatic heterocycles. The number of amides is 1. The first-order chi connectivity index (χ1) is 14.2. The second-order valence-corrected chi connectivity index (χ2v) is 8.01. The first-order valence-electron chi connectivity index (χ1n) is 11.3. The Morgan fingerprint density at radius 2 is 1.59 bits per heavy atom. The molecule has 0 bridgehead atoms. The molecule has 0 spiro atoms. The van der Waals surface area contributed by atoms with Gasteiger partial charge in [-0.1, -0.05) is 31.2 Å². The van der Waals surface area contributed by atoms with Crippen LogP contribution in [-0.4, -0.2) is 85.5 Å². The molecule has 0 aliphatic carbocycles. The molecule has 2 aliphatic rings. The molecule has 1 aromatic rings. The molecule has 2 aliphatic heterocycles. The summed E-state index contributed by atoms with van der Waals surface area (Å²) in [5, 5.41) is 3.44. The maximum Gasteiger partial charge on any atom is 0.236 e. The molecule has 0 saturated carbocycles. The number of hydrogen-bond donors (Lipinski definition) is 1. The second kappa shape index (κ2) is 11.2. The zero-order chi connectivity index (χ0) is 20.5. The second-order valence-electron chi connectivity index (χ2n) is 8.01. The van der Waals surface area contributed by atoms with Crippen molar-refractivity contribution >= 4 is 11.9 Å². The average Bonchev–Trinajstić information content (AvgIpc) is 3.29. The van der Waals surface area contributed by atoms with Crippen LogP contribution in [0.2, 0.25) is 0 Å². The standard InChI is InChI=1S/C23H37N5O/c1-3-20-7-9-21(10-8-20)11-12-25-23(24-4-2)28-17-15-26(16-18-28)19-22(29)27-13-5-6-14-27/h7-10H,3-6,11-19H2,1-2H3,(H,24,25). The summed E-state index contributed by atoms with van der Waals surface area (Å²) >= 11 is 0. The van der Waals surface area contributed by atoms with Crippen LogP contribution >= 0.6 is 0 Å². The Morgan fingerprint density at radius 3 is 2.21 bits per heavy atom. The highest BCUT2D eigenvalue weighted by Crippen LogP contribution is 2.10. The van der Waals surface area contributed by atoms with Gasteiger partial charge in [0.05, 0.1) is 6.54 Å². The lowest BCUT2D eigenvalue weighted by molar-refractivity contribution is -0.131. The number of nitrogens with one attached hydrogen (secondary N) is 1. The number of benzene rings is 1. The maximum absolute atomic E-state index is 12.4. The predicted molar refractivity (Wildman–Crippen MR) is 119 cm³/mol. The van der Waals surface area contributed by atoms with Gasteiger partial charge in [0.25, 0.3) is 0 Å². The summed E-state index contributed by atoms with van der Waals surface area (Å²) in [7, 11) is 0. The highest BCUT2D eigenvalue weighted by Gasteiger charge is 2.24. The van der Waals surface area contributed by atoms with E-state index in [4.69, 9.17) is 4.99 Å². The number of nitrogens with zero attached hydrogens (tertiary/aromatic N) is 4. The highest BCUT2D eigenvalue weighted by molar-refractivity contribution is 5.80. The summed E-state index contributed by atoms with van der Waals surface area (Å²) < 4.78 is 0. The number of rotatable bonds is 7. The molecule has 0 atom stereocenters. The van der Waals surface area contributed by atoms with E-state index >= 15 is 0 Å². The van der Waals surface area contributed by atoms with E-state index in [0.29, 0.717) is 12.5 Å². The van der Waals surface area contributed by atoms with Crippen LogP contribution < -0.4 is 5.32 Å². The van der Waals surface area contributed by atoms with E-state index in [1.54, 1.807) is 0 Å². The summed E-state index contributed by atoms with van der Waals surface area (Å²) in [5.41, 5.74) is 2.72. The minimum Gasteiger partial charge on any atom is -0.357 e. The Hall–Kier alpha value is -2.08. The van der Waals surface area contributed by atoms with Crippen molar-refractivity contribution in [3.63, 3.8) is 0 Å². The molecule has 2 saturated heterocycles. The van der Waals surface area contributed by atoms with Gasteiger partial charge in [-0.3, -0.25) is 14.7 Å². The van der Waals surface area contributed by atoms with Crippen LogP contribution in [0.25, 0.3) is 0 Å². The van der Waals surface area contributed by atoms with Gasteiger partial charge in [-0.05, 0) is 43.7 Å². The number of piperazine rings is 1. The fourth-order valence-electron chi connectivity index (χ4n) is 4.03. The number of aryl methyl sites for hydroxylation is 1. The zero-order valence-corrected chi connectivity index (χ0v) is 18.2. The molecular formula is C23H37N5O. The molecule has 6 heteroatoms. The normalized spacial score (nSPS) is 18.3. The zero-order valence-electron chi connectivity index (χ0n) is 18.2. The van der Waals surface area contributed by atoms with E-state index in [1.807, 2.05) is 4.90 Å². The van der Waals surface area contributed by atoms with Crippen LogP contribution in [0.15, 0.2) is 29.3 Å². The third-order valence-electron chi connectivity index (χ3n) is 5.92. The first-order valence-corrected chi connectivity index (χ1v) is 11.3. The molecule has 29 heavy (non-hydrogen) atoms. The van der Waals surface area contributed by atoms with Gasteiger partial charge in [0, 0.05) is 52.4 Å². The van der Waals surface area contributed by atoms with E-state index in [2.05, 4.69) is 53.2 Å². The number of aliphatic imine (C=N–C) groups is 1. The lowest BCUT2D eigenvalue weighted by Crippen LogP contribution is -2.54. The molecule has 1 N–H and O–H groups in total. The molecular weight excluding hydrogens is 362 g/mol. The number of carbonyl (C=O) groups excluding carboxylic acids is 1. The van der Waals surface area contributed by atoms with E-state index in [1.165, 1.54) is 11.1 Å². The predicted octanol–water partition coefficient (Wildman–Crippen LogP) is 2.00. The van der Waals surface area contributed by atoms with Crippen LogP contribution in [0.1, 0.15) is 37.8 Å². The van der Waals surface area contributed by atoms with Gasteiger partial charge in [-0.25, -0.2) is 0 Å². The Kier molecular flexibility index (Phi) is 8.35. The molecule has 6 nitrogen and oxygen atoms in total. The Balaban J connectivity index is 1.46. The molecule has 0 radical (unpaired) electrons. The van der Waals surface area contributed by atoms with Gasteiger partial charge in [0.2, 0.25) is 5.91 Å². The van der Waals surface area contributed by atoms with Crippen molar-refractivity contribution in [2.75, 3.05) is 58.9 Å². The summed E-state index contributed by atoms with van der Waals surface area (Å²) in [6.45, 7) is 12.1. The van der Waals surface area contributed by atoms with Gasteiger partial charge >= 0.3 is 0 Å². The van der Waals surface area contributed by atoms with Crippen molar-refractivity contribution in [2.45, 2.75) is 39.5 Å². The lowest BCUT2D eigenvalue weighted by atomic mass is 10.1. The van der Waals surface area contributed by atoms with E-state index in [0.717, 1.165) is 84.0 Å². The van der Waals surface area contributed by atoms with Crippen molar-refractivity contribution < 1.29 is 4.79 Å². The monoisotopic (exact) mass is 399 g/mol. The van der Waals surface area contributed by atoms with Crippen molar-refractivity contribution in [1.82, 2.24) is 20.0 Å². The van der Waals surface area contributed by atoms with Crippen LogP contribution in [-0.2, 0) is 17.6 Å². The Bertz CT molecular complexity index is 658. The quantitative estimate of drug-likeness (QED) is 0.563. The summed E-state index contributed by atoms with van der Waals surface area (Å²) in [4.78, 5) is 23.9. The highest BCUT2D eigenvalue weighted by atomic mass is 16.2. The van der Waals surface area contributed by atoms with E-state index in [9.17, 15) is 4.79 Å². The molecule has 1 amide bonds. The molecule has 0 unspecified atom stereocenters. The maximum atomic E-state index is 12.4. The average molecular weight is 400 g/mol. The number of likely N-dealkylation sites (tertiary alicyclic amines) is 1. The van der Waals surface area contributed by atoms with Gasteiger partial charge in [-0.15, -0.1) is 0 Å². The summed E-state index contributed by atoms with van der Waals surface area (Å²) in [6.07, 6.45) is 4.36. The number of hydrogen-bond acceptors (Lipinski definition) is 3. The number of carbonyl (C=O) groups is 1. The Labute approximate surface area is 176 Å². The first kappa shape index (κ1) is 21.6. The van der Waals surface area contributed by atoms with Gasteiger partial charge in [0.1, 0.15) is 0 Å². The van der Waals surface area contributed by atoms with Crippen LogP contribution in [0.4, 0.5) is 0 Å². The fraction of sp³-hybridized carbons (Fsp3) is 0.652. The summed E-state index contributed by atoms with van der Waals surface area (Å²) in [5.74, 6) is 1.30. The topological polar surface area (TPSA) is 51.2 Å². The van der Waals surface area contributed by atoms with Crippen LogP contribution in [0, 0.1) is 0 Å². The number of guanidine groups is 1. The SMILES string of the molecule is CCNC(=NCCc1ccc(CC)cc1)N1CCN(CC(=O)N2CCCC2)CC1. The van der Waals surface area contributed by atoms with Gasteiger partial charge in [0.15, 0.2) is 5.96 Å². The van der Waals surface area contributed by atoms with Crippen LogP contribution in [0.5, 0.6) is 0 Å². The van der Waals surface area contributed by atoms with E-state index in [-0.39, 0.29) is 0 Å². The van der Waals surface area contributed by atoms with Crippen molar-refractivity contribution in [3.8, 4) is 0 Å². The largest absolute Gasteiger partial charge is 0.357 e. The van der Waals surface area contributed by atoms with Gasteiger partial charge in [-0.2, -0.15) is 0 Å². The van der Waals surface area contributed by atoms with Crippen molar-refractivity contribution in [2.24, 2.45) is 4.99 Å². The van der Waals surface area contributed by atoms with E-state index < -0.39 is 0 Å². The molecule has 2 fully saturated rings.